The van der Waals surface area contributed by atoms with Gasteiger partial charge in [-0.2, -0.15) is 5.10 Å². The van der Waals surface area contributed by atoms with Gasteiger partial charge in [-0.1, -0.05) is 30.3 Å². The van der Waals surface area contributed by atoms with E-state index < -0.39 is 0 Å². The smallest absolute Gasteiger partial charge is 0.341 e. The van der Waals surface area contributed by atoms with Crippen LogP contribution in [-0.4, -0.2) is 22.7 Å². The van der Waals surface area contributed by atoms with Gasteiger partial charge in [-0.3, -0.25) is 0 Å². The van der Waals surface area contributed by atoms with Gasteiger partial charge in [0.1, 0.15) is 5.56 Å². The maximum atomic E-state index is 11.7. The monoisotopic (exact) mass is 266 g/mol. The van der Waals surface area contributed by atoms with Crippen LogP contribution in [0.1, 0.15) is 15.9 Å². The zero-order valence-corrected chi connectivity index (χ0v) is 11.3. The second-order valence-electron chi connectivity index (χ2n) is 4.57. The molecule has 3 rings (SSSR count). The fraction of sp³-hybridized carbons (Fsp3) is 0.125. The number of aromatic nitrogens is 2. The third-order valence-corrected chi connectivity index (χ3v) is 3.37. The van der Waals surface area contributed by atoms with E-state index in [1.54, 1.807) is 10.7 Å². The van der Waals surface area contributed by atoms with Gasteiger partial charge in [-0.05, 0) is 24.6 Å². The number of rotatable bonds is 2. The first-order valence-electron chi connectivity index (χ1n) is 6.33. The molecule has 100 valence electrons. The number of ether oxygens (including phenoxy) is 1. The van der Waals surface area contributed by atoms with Crippen molar-refractivity contribution >= 4 is 11.5 Å². The Hall–Kier alpha value is -2.62. The van der Waals surface area contributed by atoms with Crippen molar-refractivity contribution in [3.8, 4) is 11.3 Å². The number of hydrogen-bond acceptors (Lipinski definition) is 3. The Kier molecular flexibility index (Phi) is 2.99. The standard InChI is InChI=1S/C16H14N2O2/c1-11-6-3-4-7-12(11)14-8-5-9-15-13(16(19)20-2)10-17-18(14)15/h3-10H,1-2H3. The molecule has 20 heavy (non-hydrogen) atoms. The van der Waals surface area contributed by atoms with Crippen LogP contribution in [0.25, 0.3) is 16.8 Å². The van der Waals surface area contributed by atoms with E-state index in [-0.39, 0.29) is 5.97 Å². The lowest BCUT2D eigenvalue weighted by Crippen LogP contribution is -2.01. The van der Waals surface area contributed by atoms with Crippen molar-refractivity contribution in [1.82, 2.24) is 9.61 Å². The molecule has 0 amide bonds. The fourth-order valence-corrected chi connectivity index (χ4v) is 2.34. The summed E-state index contributed by atoms with van der Waals surface area (Å²) >= 11 is 0. The normalized spacial score (nSPS) is 10.7. The topological polar surface area (TPSA) is 43.6 Å². The molecule has 0 saturated carbocycles. The van der Waals surface area contributed by atoms with Crippen LogP contribution in [0, 0.1) is 6.92 Å². The molecule has 2 heterocycles. The minimum Gasteiger partial charge on any atom is -0.465 e. The first kappa shape index (κ1) is 12.4. The molecule has 0 unspecified atom stereocenters. The maximum absolute atomic E-state index is 11.7. The number of pyridine rings is 1. The van der Waals surface area contributed by atoms with E-state index in [0.717, 1.165) is 22.3 Å². The summed E-state index contributed by atoms with van der Waals surface area (Å²) in [6, 6.07) is 13.9. The van der Waals surface area contributed by atoms with Crippen LogP contribution in [0.3, 0.4) is 0 Å². The zero-order valence-electron chi connectivity index (χ0n) is 11.3. The van der Waals surface area contributed by atoms with Gasteiger partial charge < -0.3 is 4.74 Å². The predicted molar refractivity (Wildman–Crippen MR) is 76.7 cm³/mol. The molecule has 0 aliphatic rings. The van der Waals surface area contributed by atoms with Gasteiger partial charge in [0.05, 0.1) is 24.5 Å². The fourth-order valence-electron chi connectivity index (χ4n) is 2.34. The highest BCUT2D eigenvalue weighted by Crippen LogP contribution is 2.25. The van der Waals surface area contributed by atoms with E-state index in [0.29, 0.717) is 5.56 Å². The minimum atomic E-state index is -0.373. The molecule has 0 bridgehead atoms. The van der Waals surface area contributed by atoms with Crippen molar-refractivity contribution in [2.45, 2.75) is 6.92 Å². The average Bonchev–Trinajstić information content (AvgIpc) is 2.91. The molecule has 0 atom stereocenters. The Labute approximate surface area is 116 Å². The largest absolute Gasteiger partial charge is 0.465 e. The van der Waals surface area contributed by atoms with Crippen LogP contribution in [-0.2, 0) is 4.74 Å². The molecule has 4 nitrogen and oxygen atoms in total. The summed E-state index contributed by atoms with van der Waals surface area (Å²) < 4.78 is 6.55. The van der Waals surface area contributed by atoms with Gasteiger partial charge in [0.2, 0.25) is 0 Å². The maximum Gasteiger partial charge on any atom is 0.341 e. The highest BCUT2D eigenvalue weighted by atomic mass is 16.5. The summed E-state index contributed by atoms with van der Waals surface area (Å²) in [6.45, 7) is 2.05. The molecule has 2 aromatic heterocycles. The Bertz CT molecular complexity index is 790. The highest BCUT2D eigenvalue weighted by Gasteiger charge is 2.15. The van der Waals surface area contributed by atoms with Gasteiger partial charge in [0, 0.05) is 5.56 Å². The number of hydrogen-bond donors (Lipinski definition) is 0. The number of nitrogens with zero attached hydrogens (tertiary/aromatic N) is 2. The molecule has 0 radical (unpaired) electrons. The van der Waals surface area contributed by atoms with Gasteiger partial charge in [0.25, 0.3) is 0 Å². The molecule has 4 heteroatoms. The predicted octanol–water partition coefficient (Wildman–Crippen LogP) is 3.10. The second kappa shape index (κ2) is 4.81. The number of carbonyl (C=O) groups is 1. The minimum absolute atomic E-state index is 0.373. The van der Waals surface area contributed by atoms with Crippen LogP contribution >= 0.6 is 0 Å². The summed E-state index contributed by atoms with van der Waals surface area (Å²) in [5, 5.41) is 4.32. The molecule has 0 aliphatic carbocycles. The molecule has 0 spiro atoms. The van der Waals surface area contributed by atoms with E-state index in [9.17, 15) is 4.79 Å². The molecular weight excluding hydrogens is 252 g/mol. The van der Waals surface area contributed by atoms with Gasteiger partial charge in [-0.25, -0.2) is 9.31 Å². The molecule has 3 aromatic rings. The second-order valence-corrected chi connectivity index (χ2v) is 4.57. The van der Waals surface area contributed by atoms with Crippen molar-refractivity contribution in [3.63, 3.8) is 0 Å². The lowest BCUT2D eigenvalue weighted by atomic mass is 10.1. The average molecular weight is 266 g/mol. The Morgan fingerprint density at radius 3 is 2.70 bits per heavy atom. The van der Waals surface area contributed by atoms with Gasteiger partial charge in [-0.15, -0.1) is 0 Å². The summed E-state index contributed by atoms with van der Waals surface area (Å²) in [6.07, 6.45) is 1.54. The molecule has 1 aromatic carbocycles. The van der Waals surface area contributed by atoms with Crippen LogP contribution in [0.2, 0.25) is 0 Å². The van der Waals surface area contributed by atoms with Crippen molar-refractivity contribution < 1.29 is 9.53 Å². The zero-order chi connectivity index (χ0) is 14.1. The number of methoxy groups -OCH3 is 1. The van der Waals surface area contributed by atoms with Crippen LogP contribution in [0.15, 0.2) is 48.7 Å². The van der Waals surface area contributed by atoms with Crippen LogP contribution in [0.5, 0.6) is 0 Å². The van der Waals surface area contributed by atoms with Crippen LogP contribution < -0.4 is 0 Å². The highest BCUT2D eigenvalue weighted by molar-refractivity contribution is 5.97. The number of fused-ring (bicyclic) bond motifs is 1. The van der Waals surface area contributed by atoms with E-state index in [2.05, 4.69) is 18.1 Å². The number of carbonyl (C=O) groups excluding carboxylic acids is 1. The van der Waals surface area contributed by atoms with Crippen molar-refractivity contribution in [2.75, 3.05) is 7.11 Å². The Morgan fingerprint density at radius 1 is 1.15 bits per heavy atom. The van der Waals surface area contributed by atoms with Crippen LogP contribution in [0.4, 0.5) is 0 Å². The Balaban J connectivity index is 2.26. The lowest BCUT2D eigenvalue weighted by molar-refractivity contribution is 0.0603. The van der Waals surface area contributed by atoms with Crippen molar-refractivity contribution in [1.29, 1.82) is 0 Å². The van der Waals surface area contributed by atoms with E-state index >= 15 is 0 Å². The van der Waals surface area contributed by atoms with Crippen molar-refractivity contribution in [2.24, 2.45) is 0 Å². The summed E-state index contributed by atoms with van der Waals surface area (Å²) in [4.78, 5) is 11.7. The molecule has 0 fully saturated rings. The summed E-state index contributed by atoms with van der Waals surface area (Å²) in [7, 11) is 1.37. The molecule has 0 aliphatic heterocycles. The third kappa shape index (κ3) is 1.86. The van der Waals surface area contributed by atoms with Gasteiger partial charge >= 0.3 is 5.97 Å². The van der Waals surface area contributed by atoms with E-state index in [4.69, 9.17) is 4.74 Å². The first-order chi connectivity index (χ1) is 9.72. The van der Waals surface area contributed by atoms with E-state index in [1.165, 1.54) is 7.11 Å². The SMILES string of the molecule is COC(=O)c1cnn2c(-c3ccccc3C)cccc12. The molecular formula is C16H14N2O2. The molecule has 0 N–H and O–H groups in total. The summed E-state index contributed by atoms with van der Waals surface area (Å²) in [5.41, 5.74) is 4.43. The molecule has 0 saturated heterocycles. The summed E-state index contributed by atoms with van der Waals surface area (Å²) in [5.74, 6) is -0.373. The van der Waals surface area contributed by atoms with Crippen molar-refractivity contribution in [3.05, 3.63) is 59.8 Å². The number of benzene rings is 1. The quantitative estimate of drug-likeness (QED) is 0.669. The first-order valence-corrected chi connectivity index (χ1v) is 6.33. The number of aryl methyl sites for hydroxylation is 1. The lowest BCUT2D eigenvalue weighted by Gasteiger charge is -2.08. The third-order valence-electron chi connectivity index (χ3n) is 3.37. The van der Waals surface area contributed by atoms with E-state index in [1.807, 2.05) is 36.4 Å². The Morgan fingerprint density at radius 2 is 1.95 bits per heavy atom. The van der Waals surface area contributed by atoms with Gasteiger partial charge in [0.15, 0.2) is 0 Å². The number of esters is 1.